The maximum Gasteiger partial charge on any atom is 0.240 e. The van der Waals surface area contributed by atoms with Gasteiger partial charge in [0.15, 0.2) is 5.82 Å². The number of halogens is 1. The molecule has 160 valence electrons. The van der Waals surface area contributed by atoms with Gasteiger partial charge in [-0.15, -0.1) is 10.2 Å². The van der Waals surface area contributed by atoms with Crippen LogP contribution in [-0.2, 0) is 26.0 Å². The normalized spacial score (nSPS) is 19.2. The van der Waals surface area contributed by atoms with Gasteiger partial charge in [0, 0.05) is 38.6 Å². The largest absolute Gasteiger partial charge is 0.381 e. The van der Waals surface area contributed by atoms with Crippen LogP contribution in [0.5, 0.6) is 0 Å². The van der Waals surface area contributed by atoms with Crippen molar-refractivity contribution in [1.29, 1.82) is 0 Å². The highest BCUT2D eigenvalue weighted by Crippen LogP contribution is 2.28. The zero-order valence-electron chi connectivity index (χ0n) is 16.6. The molecule has 3 atom stereocenters. The average molecular weight is 445 g/mol. The molecule has 1 aliphatic heterocycles. The van der Waals surface area contributed by atoms with Crippen LogP contribution < -0.4 is 4.72 Å². The van der Waals surface area contributed by atoms with Gasteiger partial charge in [-0.25, -0.2) is 18.4 Å². The summed E-state index contributed by atoms with van der Waals surface area (Å²) in [5.41, 5.74) is 0. The molecule has 12 heteroatoms. The van der Waals surface area contributed by atoms with Gasteiger partial charge in [-0.2, -0.15) is 0 Å². The lowest BCUT2D eigenvalue weighted by Gasteiger charge is -2.22. The van der Waals surface area contributed by atoms with Crippen LogP contribution in [0.25, 0.3) is 0 Å². The summed E-state index contributed by atoms with van der Waals surface area (Å²) in [6, 6.07) is 0. The van der Waals surface area contributed by atoms with Crippen molar-refractivity contribution in [2.24, 2.45) is 0 Å². The van der Waals surface area contributed by atoms with Gasteiger partial charge in [0.2, 0.25) is 16.0 Å². The molecular weight excluding hydrogens is 420 g/mol. The number of hydrogen-bond acceptors (Lipinski definition) is 8. The topological polar surface area (TPSA) is 121 Å². The highest BCUT2D eigenvalue weighted by atomic mass is 35.5. The molecule has 0 aromatic carbocycles. The molecule has 0 amide bonds. The summed E-state index contributed by atoms with van der Waals surface area (Å²) >= 11 is 5.82. The molecule has 1 saturated heterocycles. The van der Waals surface area contributed by atoms with E-state index in [1.165, 1.54) is 26.4 Å². The van der Waals surface area contributed by atoms with Crippen molar-refractivity contribution in [3.8, 4) is 0 Å². The van der Waals surface area contributed by atoms with Crippen LogP contribution in [0.1, 0.15) is 50.4 Å². The first-order chi connectivity index (χ1) is 13.9. The van der Waals surface area contributed by atoms with E-state index in [2.05, 4.69) is 24.9 Å². The summed E-state index contributed by atoms with van der Waals surface area (Å²) in [6.07, 6.45) is 3.56. The Labute approximate surface area is 175 Å². The van der Waals surface area contributed by atoms with Crippen molar-refractivity contribution >= 4 is 27.6 Å². The molecule has 0 saturated carbocycles. The Morgan fingerprint density at radius 3 is 2.69 bits per heavy atom. The van der Waals surface area contributed by atoms with Crippen LogP contribution in [0.3, 0.4) is 0 Å². The average Bonchev–Trinajstić information content (AvgIpc) is 3.34. The maximum atomic E-state index is 13.0. The second kappa shape index (κ2) is 9.33. The summed E-state index contributed by atoms with van der Waals surface area (Å²) in [7, 11) is -2.47. The van der Waals surface area contributed by atoms with Gasteiger partial charge in [0.25, 0.3) is 0 Å². The molecule has 2 aromatic heterocycles. The molecule has 29 heavy (non-hydrogen) atoms. The highest BCUT2D eigenvalue weighted by molar-refractivity contribution is 7.93. The quantitative estimate of drug-likeness (QED) is 0.624. The van der Waals surface area contributed by atoms with Gasteiger partial charge in [-0.1, -0.05) is 18.5 Å². The predicted molar refractivity (Wildman–Crippen MR) is 107 cm³/mol. The minimum Gasteiger partial charge on any atom is -0.381 e. The van der Waals surface area contributed by atoms with E-state index in [9.17, 15) is 8.42 Å². The highest BCUT2D eigenvalue weighted by Gasteiger charge is 2.34. The summed E-state index contributed by atoms with van der Waals surface area (Å²) in [5.74, 6) is 1.26. The van der Waals surface area contributed by atoms with Gasteiger partial charge < -0.3 is 9.47 Å². The lowest BCUT2D eigenvalue weighted by molar-refractivity contribution is 0.0950. The third-order valence-electron chi connectivity index (χ3n) is 4.82. The Kier molecular flexibility index (Phi) is 7.04. The number of aromatic nitrogens is 5. The Bertz CT molecular complexity index is 915. The van der Waals surface area contributed by atoms with Gasteiger partial charge in [0.1, 0.15) is 17.2 Å². The SMILES string of the molecule is CCCn1c(NS(=O)(=O)[C@@H](C)[C@H](OC)c2ncc(Cl)cn2)nnc1[C@@H]1CCOC1. The molecule has 1 fully saturated rings. The zero-order valence-corrected chi connectivity index (χ0v) is 18.1. The Morgan fingerprint density at radius 1 is 1.38 bits per heavy atom. The van der Waals surface area contributed by atoms with Gasteiger partial charge in [0.05, 0.1) is 11.6 Å². The standard InChI is InChI=1S/C17H25ClN6O4S/c1-4-6-24-16(12-5-7-28-10-12)21-22-17(24)23-29(25,26)11(2)14(27-3)15-19-8-13(18)9-20-15/h8-9,11-12,14H,4-7,10H2,1-3H3,(H,22,23)/t11-,12+,14-/m0/s1. The first kappa shape index (κ1) is 21.9. The van der Waals surface area contributed by atoms with Crippen molar-refractivity contribution in [1.82, 2.24) is 24.7 Å². The maximum absolute atomic E-state index is 13.0. The van der Waals surface area contributed by atoms with Crippen LogP contribution in [0, 0.1) is 0 Å². The van der Waals surface area contributed by atoms with E-state index in [4.69, 9.17) is 21.1 Å². The fourth-order valence-corrected chi connectivity index (χ4v) is 4.48. The monoisotopic (exact) mass is 444 g/mol. The summed E-state index contributed by atoms with van der Waals surface area (Å²) < 4.78 is 41.3. The third-order valence-corrected chi connectivity index (χ3v) is 6.71. The molecule has 0 bridgehead atoms. The summed E-state index contributed by atoms with van der Waals surface area (Å²) in [5, 5.41) is 7.69. The van der Waals surface area contributed by atoms with E-state index < -0.39 is 21.4 Å². The van der Waals surface area contributed by atoms with Crippen molar-refractivity contribution in [2.75, 3.05) is 25.0 Å². The third kappa shape index (κ3) is 4.85. The second-order valence-electron chi connectivity index (χ2n) is 6.86. The van der Waals surface area contributed by atoms with E-state index >= 15 is 0 Å². The first-order valence-corrected chi connectivity index (χ1v) is 11.3. The van der Waals surface area contributed by atoms with Gasteiger partial charge in [-0.05, 0) is 19.8 Å². The molecule has 1 aliphatic rings. The lowest BCUT2D eigenvalue weighted by atomic mass is 10.1. The van der Waals surface area contributed by atoms with Crippen LogP contribution in [0.15, 0.2) is 12.4 Å². The van der Waals surface area contributed by atoms with Crippen molar-refractivity contribution < 1.29 is 17.9 Å². The summed E-state index contributed by atoms with van der Waals surface area (Å²) in [6.45, 7) is 5.36. The van der Waals surface area contributed by atoms with E-state index in [1.54, 1.807) is 0 Å². The number of anilines is 1. The van der Waals surface area contributed by atoms with Crippen LogP contribution in [0.2, 0.25) is 5.02 Å². The molecule has 10 nitrogen and oxygen atoms in total. The van der Waals surface area contributed by atoms with Gasteiger partial charge in [-0.3, -0.25) is 9.29 Å². The van der Waals surface area contributed by atoms with E-state index in [-0.39, 0.29) is 17.7 Å². The minimum absolute atomic E-state index is 0.110. The predicted octanol–water partition coefficient (Wildman–Crippen LogP) is 2.15. The van der Waals surface area contributed by atoms with Crippen LogP contribution in [0.4, 0.5) is 5.95 Å². The van der Waals surface area contributed by atoms with Crippen molar-refractivity contribution in [3.05, 3.63) is 29.1 Å². The fraction of sp³-hybridized carbons (Fsp3) is 0.647. The number of methoxy groups -OCH3 is 1. The zero-order chi connectivity index (χ0) is 21.0. The molecule has 1 N–H and O–H groups in total. The molecule has 3 heterocycles. The number of ether oxygens (including phenoxy) is 2. The minimum atomic E-state index is -3.88. The van der Waals surface area contributed by atoms with E-state index in [1.807, 2.05) is 11.5 Å². The molecule has 0 aliphatic carbocycles. The van der Waals surface area contributed by atoms with E-state index in [0.29, 0.717) is 24.8 Å². The number of hydrogen-bond donors (Lipinski definition) is 1. The Morgan fingerprint density at radius 2 is 2.10 bits per heavy atom. The molecule has 3 rings (SSSR count). The lowest BCUT2D eigenvalue weighted by Crippen LogP contribution is -2.33. The van der Waals surface area contributed by atoms with Crippen molar-refractivity contribution in [2.45, 2.75) is 50.5 Å². The number of rotatable bonds is 9. The second-order valence-corrected chi connectivity index (χ2v) is 9.34. The van der Waals surface area contributed by atoms with E-state index in [0.717, 1.165) is 18.7 Å². The molecular formula is C17H25ClN6O4S. The Balaban J connectivity index is 1.84. The Hall–Kier alpha value is -1.82. The van der Waals surface area contributed by atoms with Crippen LogP contribution in [-0.4, -0.2) is 58.7 Å². The number of nitrogens with zero attached hydrogens (tertiary/aromatic N) is 5. The number of nitrogens with one attached hydrogen (secondary N) is 1. The fourth-order valence-electron chi connectivity index (χ4n) is 3.23. The van der Waals surface area contributed by atoms with Crippen LogP contribution >= 0.6 is 11.6 Å². The van der Waals surface area contributed by atoms with Gasteiger partial charge >= 0.3 is 0 Å². The van der Waals surface area contributed by atoms with Crippen molar-refractivity contribution in [3.63, 3.8) is 0 Å². The summed E-state index contributed by atoms with van der Waals surface area (Å²) in [4.78, 5) is 8.17. The first-order valence-electron chi connectivity index (χ1n) is 9.40. The number of sulfonamides is 1. The molecule has 0 spiro atoms. The molecule has 0 radical (unpaired) electrons. The smallest absolute Gasteiger partial charge is 0.240 e. The molecule has 0 unspecified atom stereocenters. The molecule has 2 aromatic rings.